The molecule has 1 saturated carbocycles. The maximum atomic E-state index is 13.1. The predicted octanol–water partition coefficient (Wildman–Crippen LogP) is 5.02. The fourth-order valence-electron chi connectivity index (χ4n) is 6.45. The van der Waals surface area contributed by atoms with Crippen molar-refractivity contribution in [2.75, 3.05) is 38.0 Å². The molecule has 0 radical (unpaired) electrons. The molecule has 1 aromatic carbocycles. The van der Waals surface area contributed by atoms with Gasteiger partial charge in [0.1, 0.15) is 12.0 Å². The number of halogens is 1. The van der Waals surface area contributed by atoms with Crippen molar-refractivity contribution in [3.63, 3.8) is 0 Å². The number of nitrogens with zero attached hydrogens (tertiary/aromatic N) is 5. The Morgan fingerprint density at radius 1 is 1.00 bits per heavy atom. The Hall–Kier alpha value is -2.84. The number of piperidine rings is 1. The van der Waals surface area contributed by atoms with E-state index in [2.05, 4.69) is 43.4 Å². The van der Waals surface area contributed by atoms with E-state index in [1.165, 1.54) is 30.5 Å². The lowest BCUT2D eigenvalue weighted by Crippen LogP contribution is -2.50. The molecule has 1 amide bonds. The lowest BCUT2D eigenvalue weighted by atomic mass is 9.81. The van der Waals surface area contributed by atoms with Gasteiger partial charge in [-0.3, -0.25) is 19.3 Å². The van der Waals surface area contributed by atoms with Crippen LogP contribution in [0.15, 0.2) is 36.7 Å². The lowest BCUT2D eigenvalue weighted by molar-refractivity contribution is -0.121. The van der Waals surface area contributed by atoms with Crippen LogP contribution in [0.3, 0.4) is 0 Å². The van der Waals surface area contributed by atoms with Crippen molar-refractivity contribution < 1.29 is 9.18 Å². The molecule has 4 heterocycles. The molecule has 2 aromatic heterocycles. The van der Waals surface area contributed by atoms with E-state index >= 15 is 0 Å². The Morgan fingerprint density at radius 3 is 2.55 bits per heavy atom. The van der Waals surface area contributed by atoms with Gasteiger partial charge in [-0.2, -0.15) is 5.10 Å². The molecule has 8 heteroatoms. The number of rotatable bonds is 7. The van der Waals surface area contributed by atoms with Gasteiger partial charge in [-0.05, 0) is 80.6 Å². The van der Waals surface area contributed by atoms with Gasteiger partial charge in [0, 0.05) is 56.3 Å². The maximum absolute atomic E-state index is 13.1. The highest BCUT2D eigenvalue weighted by Gasteiger charge is 2.32. The number of hydrogen-bond acceptors (Lipinski definition) is 5. The minimum atomic E-state index is -0.645. The number of likely N-dealkylation sites (tertiary alicyclic amines) is 2. The number of nitrogens with one attached hydrogen (secondary N) is 1. The first-order valence-electron chi connectivity index (χ1n) is 14.3. The standard InChI is InChI=1S/C30H39FN6O/c1-35-28(20-36-11-3-2-4-12-36)27(16-33-35)23-9-10-24-15-32-29(14-25(24)13-23)34-30(38)22-7-5-21(6-8-22)17-37-18-26(31)19-37/h9-10,13-16,21-22,26H,2-8,11-12,17-20H2,1H3,(H,32,34,38). The number of carbonyl (C=O) groups is 1. The second-order valence-corrected chi connectivity index (χ2v) is 11.6. The normalized spacial score (nSPS) is 23.4. The van der Waals surface area contributed by atoms with Crippen molar-refractivity contribution >= 4 is 22.5 Å². The summed E-state index contributed by atoms with van der Waals surface area (Å²) in [5.74, 6) is 1.27. The van der Waals surface area contributed by atoms with Gasteiger partial charge in [-0.25, -0.2) is 9.37 Å². The first-order valence-corrected chi connectivity index (χ1v) is 14.3. The molecule has 3 aromatic rings. The number of amides is 1. The van der Waals surface area contributed by atoms with E-state index < -0.39 is 6.17 Å². The topological polar surface area (TPSA) is 66.3 Å². The van der Waals surface area contributed by atoms with Crippen LogP contribution in [0.25, 0.3) is 21.9 Å². The highest BCUT2D eigenvalue weighted by molar-refractivity contribution is 5.95. The van der Waals surface area contributed by atoms with Gasteiger partial charge in [0.25, 0.3) is 0 Å². The smallest absolute Gasteiger partial charge is 0.228 e. The molecule has 0 bridgehead atoms. The second kappa shape index (κ2) is 11.1. The molecule has 2 saturated heterocycles. The predicted molar refractivity (Wildman–Crippen MR) is 148 cm³/mol. The summed E-state index contributed by atoms with van der Waals surface area (Å²) in [6, 6.07) is 8.42. The zero-order chi connectivity index (χ0) is 26.1. The molecule has 3 fully saturated rings. The Morgan fingerprint density at radius 2 is 1.79 bits per heavy atom. The summed E-state index contributed by atoms with van der Waals surface area (Å²) < 4.78 is 15.1. The van der Waals surface area contributed by atoms with Crippen molar-refractivity contribution in [3.8, 4) is 11.1 Å². The fourth-order valence-corrected chi connectivity index (χ4v) is 6.45. The Labute approximate surface area is 224 Å². The number of aryl methyl sites for hydroxylation is 1. The van der Waals surface area contributed by atoms with Crippen LogP contribution in [0.1, 0.15) is 50.6 Å². The van der Waals surface area contributed by atoms with Crippen LogP contribution in [-0.4, -0.2) is 69.4 Å². The van der Waals surface area contributed by atoms with E-state index in [4.69, 9.17) is 0 Å². The van der Waals surface area contributed by atoms with Gasteiger partial charge >= 0.3 is 0 Å². The minimum absolute atomic E-state index is 0.0214. The monoisotopic (exact) mass is 518 g/mol. The molecular weight excluding hydrogens is 479 g/mol. The molecule has 202 valence electrons. The molecule has 0 spiro atoms. The molecule has 38 heavy (non-hydrogen) atoms. The molecule has 0 unspecified atom stereocenters. The summed E-state index contributed by atoms with van der Waals surface area (Å²) in [4.78, 5) is 22.3. The van der Waals surface area contributed by atoms with Gasteiger partial charge in [0.05, 0.1) is 11.9 Å². The number of fused-ring (bicyclic) bond motifs is 1. The Balaban J connectivity index is 1.11. The van der Waals surface area contributed by atoms with Crippen molar-refractivity contribution in [3.05, 3.63) is 42.4 Å². The number of anilines is 1. The van der Waals surface area contributed by atoms with Crippen LogP contribution in [0, 0.1) is 11.8 Å². The molecule has 7 nitrogen and oxygen atoms in total. The third-order valence-corrected chi connectivity index (χ3v) is 8.81. The van der Waals surface area contributed by atoms with Gasteiger partial charge in [0.15, 0.2) is 0 Å². The Bertz CT molecular complexity index is 1270. The SMILES string of the molecule is Cn1ncc(-c2ccc3cnc(NC(=O)C4CCC(CN5CC(F)C5)CC4)cc3c2)c1CN1CCCCC1. The number of aromatic nitrogens is 3. The molecule has 6 rings (SSSR count). The van der Waals surface area contributed by atoms with Crippen LogP contribution in [0.2, 0.25) is 0 Å². The fraction of sp³-hybridized carbons (Fsp3) is 0.567. The van der Waals surface area contributed by atoms with E-state index in [9.17, 15) is 9.18 Å². The summed E-state index contributed by atoms with van der Waals surface area (Å²) in [6.45, 7) is 5.35. The van der Waals surface area contributed by atoms with E-state index in [1.54, 1.807) is 0 Å². The third-order valence-electron chi connectivity index (χ3n) is 8.81. The lowest BCUT2D eigenvalue weighted by Gasteiger charge is -2.38. The third kappa shape index (κ3) is 5.61. The van der Waals surface area contributed by atoms with Gasteiger partial charge in [0.2, 0.25) is 5.91 Å². The summed E-state index contributed by atoms with van der Waals surface area (Å²) in [6.07, 6.45) is 10.9. The van der Waals surface area contributed by atoms with Gasteiger partial charge < -0.3 is 5.32 Å². The highest BCUT2D eigenvalue weighted by Crippen LogP contribution is 2.32. The van der Waals surface area contributed by atoms with E-state index in [0.717, 1.165) is 68.2 Å². The number of alkyl halides is 1. The van der Waals surface area contributed by atoms with Crippen molar-refractivity contribution in [1.82, 2.24) is 24.6 Å². The van der Waals surface area contributed by atoms with Crippen LogP contribution < -0.4 is 5.32 Å². The Kier molecular flexibility index (Phi) is 7.43. The average Bonchev–Trinajstić information content (AvgIpc) is 3.28. The first kappa shape index (κ1) is 25.4. The summed E-state index contributed by atoms with van der Waals surface area (Å²) in [5.41, 5.74) is 3.54. The molecule has 0 atom stereocenters. The van der Waals surface area contributed by atoms with Crippen molar-refractivity contribution in [2.45, 2.75) is 57.7 Å². The summed E-state index contributed by atoms with van der Waals surface area (Å²) in [7, 11) is 2.03. The molecule has 1 aliphatic carbocycles. The summed E-state index contributed by atoms with van der Waals surface area (Å²) >= 11 is 0. The summed E-state index contributed by atoms with van der Waals surface area (Å²) in [5, 5.41) is 9.78. The largest absolute Gasteiger partial charge is 0.310 e. The number of carbonyl (C=O) groups excluding carboxylic acids is 1. The van der Waals surface area contributed by atoms with Gasteiger partial charge in [-0.1, -0.05) is 18.6 Å². The molecular formula is C30H39FN6O. The zero-order valence-corrected chi connectivity index (χ0v) is 22.4. The van der Waals surface area contributed by atoms with Gasteiger partial charge in [-0.15, -0.1) is 0 Å². The molecule has 1 N–H and O–H groups in total. The second-order valence-electron chi connectivity index (χ2n) is 11.6. The highest BCUT2D eigenvalue weighted by atomic mass is 19.1. The van der Waals surface area contributed by atoms with E-state index in [1.807, 2.05) is 30.2 Å². The van der Waals surface area contributed by atoms with Crippen LogP contribution in [0.5, 0.6) is 0 Å². The number of hydrogen-bond donors (Lipinski definition) is 1. The number of pyridine rings is 1. The minimum Gasteiger partial charge on any atom is -0.310 e. The van der Waals surface area contributed by atoms with E-state index in [-0.39, 0.29) is 11.8 Å². The average molecular weight is 519 g/mol. The zero-order valence-electron chi connectivity index (χ0n) is 22.4. The van der Waals surface area contributed by atoms with Crippen molar-refractivity contribution in [2.24, 2.45) is 18.9 Å². The van der Waals surface area contributed by atoms with E-state index in [0.29, 0.717) is 24.8 Å². The molecule has 2 aliphatic heterocycles. The maximum Gasteiger partial charge on any atom is 0.228 e. The quantitative estimate of drug-likeness (QED) is 0.476. The van der Waals surface area contributed by atoms with Crippen molar-refractivity contribution in [1.29, 1.82) is 0 Å². The van der Waals surface area contributed by atoms with Crippen LogP contribution in [-0.2, 0) is 18.4 Å². The van der Waals surface area contributed by atoms with Crippen LogP contribution in [0.4, 0.5) is 10.2 Å². The number of benzene rings is 1. The molecule has 3 aliphatic rings. The van der Waals surface area contributed by atoms with Crippen LogP contribution >= 0.6 is 0 Å². The first-order chi connectivity index (χ1) is 18.5.